The highest BCUT2D eigenvalue weighted by atomic mass is 32.1. The number of aliphatic hydroxyl groups excluding tert-OH is 8. The monoisotopic (exact) mass is 1120 g/mol. The minimum atomic E-state index is -0.764. The predicted octanol–water partition coefficient (Wildman–Crippen LogP) is 6.24. The summed E-state index contributed by atoms with van der Waals surface area (Å²) in [6.07, 6.45) is 47.7. The molecular weight excluding hydrogens is 1040 g/mol. The Labute approximate surface area is 486 Å². The van der Waals surface area contributed by atoms with E-state index in [1.54, 1.807) is 97.2 Å². The van der Waals surface area contributed by atoms with Crippen LogP contribution >= 0.6 is 27.0 Å². The maximum Gasteiger partial charge on any atom is 0.305 e. The van der Waals surface area contributed by atoms with Crippen LogP contribution < -0.4 is 0 Å². The third kappa shape index (κ3) is 75.6. The lowest BCUT2D eigenvalue weighted by Crippen LogP contribution is -2.05. The Bertz CT molecular complexity index is 2160. The minimum absolute atomic E-state index is 0. The van der Waals surface area contributed by atoms with Crippen LogP contribution in [0.3, 0.4) is 0 Å². The summed E-state index contributed by atoms with van der Waals surface area (Å²) in [5, 5.41) is 75.0. The molecule has 0 bridgehead atoms. The Morgan fingerprint density at radius 2 is 0.608 bits per heavy atom. The van der Waals surface area contributed by atoms with Crippen molar-refractivity contribution in [2.24, 2.45) is 0 Å². The molecule has 0 fully saturated rings. The topological polar surface area (TPSA) is 239 Å². The second-order valence-electron chi connectivity index (χ2n) is 16.3. The van der Waals surface area contributed by atoms with Gasteiger partial charge in [-0.1, -0.05) is 120 Å². The number of hydrogen-bond donors (Lipinski definition) is 8. The molecule has 0 aromatic carbocycles. The second-order valence-corrected chi connectivity index (χ2v) is 16.3. The van der Waals surface area contributed by atoms with Crippen molar-refractivity contribution in [3.63, 3.8) is 0 Å². The van der Waals surface area contributed by atoms with Crippen LogP contribution in [-0.2, 0) is 23.9 Å². The van der Waals surface area contributed by atoms with Gasteiger partial charge in [0.2, 0.25) is 0 Å². The smallest absolute Gasteiger partial charge is 0.305 e. The van der Waals surface area contributed by atoms with E-state index in [1.807, 2.05) is 0 Å². The summed E-state index contributed by atoms with van der Waals surface area (Å²) >= 11 is 0. The fraction of sp³-hybridized carbons (Fsp3) is 0.438. The molecule has 0 unspecified atom stereocenters. The second kappa shape index (κ2) is 63.8. The molecule has 0 amide bonds. The fourth-order valence-electron chi connectivity index (χ4n) is 4.98. The molecule has 0 aromatic heterocycles. The van der Waals surface area contributed by atoms with Crippen LogP contribution in [0.25, 0.3) is 0 Å². The summed E-state index contributed by atoms with van der Waals surface area (Å²) in [6.45, 7) is 4.59. The first-order valence-electron chi connectivity index (χ1n) is 24.9. The maximum absolute atomic E-state index is 10.8. The lowest BCUT2D eigenvalue weighted by atomic mass is 10.1. The number of aliphatic hydroxyl groups is 8. The molecule has 430 valence electrons. The Hall–Kier alpha value is -6.74. The van der Waals surface area contributed by atoms with Crippen LogP contribution in [-0.4, -0.2) is 120 Å². The molecule has 13 nitrogen and oxygen atoms in total. The molecule has 0 saturated carbocycles. The highest BCUT2D eigenvalue weighted by molar-refractivity contribution is 7.59. The van der Waals surface area contributed by atoms with Gasteiger partial charge < -0.3 is 60.0 Å². The Morgan fingerprint density at radius 3 is 0.797 bits per heavy atom. The molecule has 8 atom stereocenters. The predicted molar refractivity (Wildman–Crippen MR) is 326 cm³/mol. The lowest BCUT2D eigenvalue weighted by molar-refractivity contribution is -0.140. The van der Waals surface area contributed by atoms with Gasteiger partial charge in [0, 0.05) is 51.4 Å². The Kier molecular flexibility index (Phi) is 67.5. The van der Waals surface area contributed by atoms with E-state index in [0.717, 1.165) is 0 Å². The normalized spacial score (nSPS) is 13.4. The largest absolute Gasteiger partial charge is 0.469 e. The van der Waals surface area contributed by atoms with Crippen molar-refractivity contribution in [3.8, 4) is 96.7 Å². The van der Waals surface area contributed by atoms with Gasteiger partial charge in [0.15, 0.2) is 0 Å². The number of ether oxygens (including phenoxy) is 1. The number of Topliss-reactive ketones (excluding diaryl/α,β-unsaturated/α-hetero) is 3. The summed E-state index contributed by atoms with van der Waals surface area (Å²) in [7, 11) is 1.33. The number of methoxy groups -OCH3 is 1. The molecule has 0 spiro atoms. The first kappa shape index (κ1) is 83.6. The van der Waals surface area contributed by atoms with Gasteiger partial charge in [-0.2, -0.15) is 27.0 Å². The standard InChI is InChI=1S/C16H20O4.3C16H20O3.2H2S/c1-3-9-14(17)10-6-4-5-7-11-15(18)12-8-13-16(19)20-2;3*1-3-9-15(18)11-6-4-5-7-12-16(19)13-8-10-14(2)17;;/h1,4-6,10,14-15,17-18H,8-9,12-13H2,2H3;3*1,4-6,11,15-16,18-19H,8-10,13H2,2H3;2*1H2/b5-4+,10-6+;3*5-4+,11-6+;;/t14-,15+;3*15-,16+;;/m1100../s1. The van der Waals surface area contributed by atoms with E-state index in [-0.39, 0.29) is 82.4 Å². The van der Waals surface area contributed by atoms with Crippen molar-refractivity contribution >= 4 is 50.3 Å². The van der Waals surface area contributed by atoms with E-state index in [2.05, 4.69) is 75.8 Å². The van der Waals surface area contributed by atoms with Gasteiger partial charge in [-0.3, -0.25) is 4.79 Å². The van der Waals surface area contributed by atoms with Gasteiger partial charge >= 0.3 is 5.97 Å². The van der Waals surface area contributed by atoms with Crippen LogP contribution in [0.4, 0.5) is 0 Å². The maximum atomic E-state index is 10.8. The number of esters is 1. The first-order chi connectivity index (χ1) is 36.8. The van der Waals surface area contributed by atoms with E-state index < -0.39 is 48.8 Å². The van der Waals surface area contributed by atoms with Crippen molar-refractivity contribution in [2.45, 2.75) is 172 Å². The molecule has 0 heterocycles. The van der Waals surface area contributed by atoms with Gasteiger partial charge in [-0.05, 0) is 96.4 Å². The fourth-order valence-corrected chi connectivity index (χ4v) is 4.98. The van der Waals surface area contributed by atoms with Crippen molar-refractivity contribution in [1.82, 2.24) is 0 Å². The molecule has 0 rings (SSSR count). The molecule has 0 radical (unpaired) electrons. The van der Waals surface area contributed by atoms with Gasteiger partial charge in [-0.25, -0.2) is 0 Å². The summed E-state index contributed by atoms with van der Waals surface area (Å²) in [4.78, 5) is 42.9. The molecule has 0 aliphatic rings. The van der Waals surface area contributed by atoms with Crippen LogP contribution in [0, 0.1) is 96.7 Å². The third-order valence-electron chi connectivity index (χ3n) is 8.91. The molecule has 0 aliphatic carbocycles. The van der Waals surface area contributed by atoms with Crippen molar-refractivity contribution in [3.05, 3.63) is 97.2 Å². The van der Waals surface area contributed by atoms with Crippen molar-refractivity contribution in [2.75, 3.05) is 7.11 Å². The number of rotatable bonds is 28. The van der Waals surface area contributed by atoms with E-state index >= 15 is 0 Å². The van der Waals surface area contributed by atoms with Gasteiger partial charge in [0.05, 0.1) is 31.5 Å². The number of ketones is 3. The summed E-state index contributed by atoms with van der Waals surface area (Å²) in [5.41, 5.74) is 0. The van der Waals surface area contributed by atoms with Crippen LogP contribution in [0.5, 0.6) is 0 Å². The zero-order valence-electron chi connectivity index (χ0n) is 46.1. The number of allylic oxidation sites excluding steroid dienone is 12. The first-order valence-corrected chi connectivity index (χ1v) is 24.9. The van der Waals surface area contributed by atoms with E-state index in [4.69, 9.17) is 25.7 Å². The highest BCUT2D eigenvalue weighted by Gasteiger charge is 2.04. The van der Waals surface area contributed by atoms with Gasteiger partial charge in [0.1, 0.15) is 41.8 Å². The number of carbonyl (C=O) groups excluding carboxylic acids is 4. The molecule has 0 saturated heterocycles. The quantitative estimate of drug-likeness (QED) is 0.0247. The van der Waals surface area contributed by atoms with Crippen molar-refractivity contribution < 1.29 is 64.8 Å². The van der Waals surface area contributed by atoms with E-state index in [1.165, 1.54) is 27.9 Å². The van der Waals surface area contributed by atoms with E-state index in [9.17, 15) is 60.0 Å². The van der Waals surface area contributed by atoms with E-state index in [0.29, 0.717) is 70.6 Å². The van der Waals surface area contributed by atoms with Crippen LogP contribution in [0.1, 0.15) is 124 Å². The van der Waals surface area contributed by atoms with Gasteiger partial charge in [-0.15, -0.1) is 49.4 Å². The molecule has 15 heteroatoms. The molecule has 0 aromatic rings. The number of hydrogen-bond acceptors (Lipinski definition) is 13. The van der Waals surface area contributed by atoms with Crippen LogP contribution in [0.15, 0.2) is 97.2 Å². The minimum Gasteiger partial charge on any atom is -0.469 e. The zero-order chi connectivity index (χ0) is 58.7. The SMILES string of the molecule is C#CC[C@@H](O)/C=C/C=C/C#C[C@H](O)CCCC(=O)OC.C#CC[C@@H](O)/C=C/C=C/C#C[C@H](O)CCCC(C)=O.C#CC[C@H](O)/C=C/C=C/C#C[C@@H](O)CCCC(C)=O.C#CC[C@H](O)/C=C/C=C/C#C[C@@H](O)CCCC(C)=O.S.S. The molecule has 79 heavy (non-hydrogen) atoms. The zero-order valence-corrected chi connectivity index (χ0v) is 48.1. The Morgan fingerprint density at radius 1 is 0.392 bits per heavy atom. The molecular formula is C64H84O13S2. The number of carbonyl (C=O) groups is 4. The van der Waals surface area contributed by atoms with Gasteiger partial charge in [0.25, 0.3) is 0 Å². The average molecular weight is 1130 g/mol. The lowest BCUT2D eigenvalue weighted by Gasteiger charge is -2.01. The number of terminal acetylenes is 4. The summed E-state index contributed by atoms with van der Waals surface area (Å²) < 4.78 is 4.49. The molecule has 0 aliphatic heterocycles. The van der Waals surface area contributed by atoms with Crippen molar-refractivity contribution in [1.29, 1.82) is 0 Å². The molecule has 8 N–H and O–H groups in total. The summed E-state index contributed by atoms with van der Waals surface area (Å²) in [6, 6.07) is 0. The summed E-state index contributed by atoms with van der Waals surface area (Å²) in [5.74, 6) is 30.8. The third-order valence-corrected chi connectivity index (χ3v) is 8.91. The Balaban J connectivity index is -0.000000223. The van der Waals surface area contributed by atoms with Crippen LogP contribution in [0.2, 0.25) is 0 Å². The highest BCUT2D eigenvalue weighted by Crippen LogP contribution is 2.04. The average Bonchev–Trinajstić information content (AvgIpc) is 3.36.